The largest absolute Gasteiger partial charge is 0.477 e. The molecule has 0 saturated heterocycles. The topological polar surface area (TPSA) is 84.2 Å². The Bertz CT molecular complexity index is 479. The zero-order valence-electron chi connectivity index (χ0n) is 9.45. The Morgan fingerprint density at radius 1 is 1.44 bits per heavy atom. The second-order valence-corrected chi connectivity index (χ2v) is 3.70. The van der Waals surface area contributed by atoms with Crippen LogP contribution >= 0.6 is 0 Å². The second-order valence-electron chi connectivity index (χ2n) is 3.70. The fourth-order valence-corrected chi connectivity index (χ4v) is 1.21. The highest BCUT2D eigenvalue weighted by molar-refractivity contribution is 6.01. The van der Waals surface area contributed by atoms with Crippen molar-refractivity contribution in [3.63, 3.8) is 0 Å². The fourth-order valence-electron chi connectivity index (χ4n) is 1.21. The van der Waals surface area contributed by atoms with Crippen molar-refractivity contribution in [2.75, 3.05) is 5.32 Å². The predicted molar refractivity (Wildman–Crippen MR) is 54.3 cm³/mol. The number of hydrogen-bond acceptors (Lipinski definition) is 3. The first-order chi connectivity index (χ1) is 8.14. The number of aromatic carboxylic acids is 1. The van der Waals surface area contributed by atoms with Gasteiger partial charge in [0.25, 0.3) is 0 Å². The lowest BCUT2D eigenvalue weighted by molar-refractivity contribution is -0.167. The lowest BCUT2D eigenvalue weighted by Crippen LogP contribution is -2.31. The number of anilines is 1. The highest BCUT2D eigenvalue weighted by Gasteiger charge is 2.40. The summed E-state index contributed by atoms with van der Waals surface area (Å²) in [5.74, 6) is -4.20. The van der Waals surface area contributed by atoms with Crippen molar-refractivity contribution in [1.82, 2.24) is 9.78 Å². The Labute approximate surface area is 99.4 Å². The molecule has 0 aliphatic rings. The van der Waals surface area contributed by atoms with Crippen molar-refractivity contribution in [3.05, 3.63) is 11.8 Å². The van der Waals surface area contributed by atoms with Crippen molar-refractivity contribution in [3.8, 4) is 0 Å². The average molecular weight is 265 g/mol. The van der Waals surface area contributed by atoms with Crippen LogP contribution in [0.3, 0.4) is 0 Å². The molecular weight excluding hydrogens is 255 g/mol. The number of carbonyl (C=O) groups is 2. The molecule has 1 heterocycles. The number of carboxylic acid groups (broad SMARTS) is 1. The van der Waals surface area contributed by atoms with Gasteiger partial charge in [-0.25, -0.2) is 9.48 Å². The third-order valence-corrected chi connectivity index (χ3v) is 2.00. The van der Waals surface area contributed by atoms with Gasteiger partial charge in [0.05, 0.1) is 6.20 Å². The number of rotatable bonds is 3. The molecule has 0 saturated carbocycles. The van der Waals surface area contributed by atoms with Crippen LogP contribution < -0.4 is 5.32 Å². The Morgan fingerprint density at radius 2 is 2.00 bits per heavy atom. The molecule has 0 bridgehead atoms. The fraction of sp³-hybridized carbons (Fsp3) is 0.444. The van der Waals surface area contributed by atoms with Crippen molar-refractivity contribution >= 4 is 17.7 Å². The maximum absolute atomic E-state index is 12.1. The maximum atomic E-state index is 12.1. The van der Waals surface area contributed by atoms with E-state index in [1.165, 1.54) is 5.32 Å². The standard InChI is InChI=1S/C9H10F3N3O3/c1-4(2)15-6(5(3-13-15)7(16)17)14-8(18)9(10,11)12/h3-4H,1-2H3,(H,14,18)(H,16,17). The molecule has 18 heavy (non-hydrogen) atoms. The van der Waals surface area contributed by atoms with Crippen LogP contribution in [0.2, 0.25) is 0 Å². The molecular formula is C9H10F3N3O3. The number of nitrogens with zero attached hydrogens (tertiary/aromatic N) is 2. The van der Waals surface area contributed by atoms with E-state index in [0.717, 1.165) is 10.9 Å². The van der Waals surface area contributed by atoms with Crippen molar-refractivity contribution in [2.24, 2.45) is 0 Å². The van der Waals surface area contributed by atoms with Crippen LogP contribution in [0.1, 0.15) is 30.2 Å². The van der Waals surface area contributed by atoms with Gasteiger partial charge < -0.3 is 10.4 Å². The van der Waals surface area contributed by atoms with E-state index in [4.69, 9.17) is 5.11 Å². The summed E-state index contributed by atoms with van der Waals surface area (Å²) in [5.41, 5.74) is -0.499. The quantitative estimate of drug-likeness (QED) is 0.870. The molecule has 100 valence electrons. The smallest absolute Gasteiger partial charge is 0.471 e. The summed E-state index contributed by atoms with van der Waals surface area (Å²) < 4.78 is 37.3. The first kappa shape index (κ1) is 14.0. The van der Waals surface area contributed by atoms with Gasteiger partial charge in [-0.2, -0.15) is 18.3 Å². The van der Waals surface area contributed by atoms with E-state index in [2.05, 4.69) is 5.10 Å². The molecule has 0 spiro atoms. The molecule has 0 unspecified atom stereocenters. The van der Waals surface area contributed by atoms with Crippen LogP contribution in [-0.2, 0) is 4.79 Å². The van der Waals surface area contributed by atoms with Gasteiger partial charge in [-0.05, 0) is 13.8 Å². The minimum Gasteiger partial charge on any atom is -0.477 e. The van der Waals surface area contributed by atoms with Crippen LogP contribution in [0.15, 0.2) is 6.20 Å². The van der Waals surface area contributed by atoms with Crippen molar-refractivity contribution in [2.45, 2.75) is 26.1 Å². The van der Waals surface area contributed by atoms with E-state index in [-0.39, 0.29) is 0 Å². The van der Waals surface area contributed by atoms with Crippen LogP contribution in [0, 0.1) is 0 Å². The molecule has 1 amide bonds. The normalized spacial score (nSPS) is 11.7. The van der Waals surface area contributed by atoms with Gasteiger partial charge in [0.2, 0.25) is 0 Å². The molecule has 0 aliphatic heterocycles. The Hall–Kier alpha value is -2.06. The van der Waals surface area contributed by atoms with Gasteiger partial charge in [0.15, 0.2) is 0 Å². The van der Waals surface area contributed by atoms with Crippen LogP contribution in [-0.4, -0.2) is 32.9 Å². The lowest BCUT2D eigenvalue weighted by atomic mass is 10.3. The summed E-state index contributed by atoms with van der Waals surface area (Å²) in [6.07, 6.45) is -4.21. The first-order valence-electron chi connectivity index (χ1n) is 4.83. The predicted octanol–water partition coefficient (Wildman–Crippen LogP) is 1.66. The molecule has 1 rings (SSSR count). The van der Waals surface area contributed by atoms with Crippen molar-refractivity contribution in [1.29, 1.82) is 0 Å². The monoisotopic (exact) mass is 265 g/mol. The lowest BCUT2D eigenvalue weighted by Gasteiger charge is -2.13. The van der Waals surface area contributed by atoms with E-state index in [9.17, 15) is 22.8 Å². The SMILES string of the molecule is CC(C)n1ncc(C(=O)O)c1NC(=O)C(F)(F)F. The van der Waals surface area contributed by atoms with Gasteiger partial charge in [0, 0.05) is 6.04 Å². The maximum Gasteiger partial charge on any atom is 0.471 e. The van der Waals surface area contributed by atoms with Crippen LogP contribution in [0.5, 0.6) is 0 Å². The van der Waals surface area contributed by atoms with Gasteiger partial charge in [0.1, 0.15) is 11.4 Å². The number of nitrogens with one attached hydrogen (secondary N) is 1. The van der Waals surface area contributed by atoms with E-state index in [1.807, 2.05) is 0 Å². The second kappa shape index (κ2) is 4.67. The van der Waals surface area contributed by atoms with E-state index < -0.39 is 35.5 Å². The highest BCUT2D eigenvalue weighted by atomic mass is 19.4. The minimum atomic E-state index is -5.10. The van der Waals surface area contributed by atoms with Gasteiger partial charge in [-0.3, -0.25) is 4.79 Å². The summed E-state index contributed by atoms with van der Waals surface area (Å²) in [5, 5.41) is 13.9. The Kier molecular flexibility index (Phi) is 3.63. The zero-order chi connectivity index (χ0) is 14.1. The molecule has 0 fully saturated rings. The molecule has 2 N–H and O–H groups in total. The number of aromatic nitrogens is 2. The first-order valence-corrected chi connectivity index (χ1v) is 4.83. The number of alkyl halides is 3. The Balaban J connectivity index is 3.16. The van der Waals surface area contributed by atoms with Gasteiger partial charge >= 0.3 is 18.1 Å². The zero-order valence-corrected chi connectivity index (χ0v) is 9.45. The highest BCUT2D eigenvalue weighted by Crippen LogP contribution is 2.23. The molecule has 1 aromatic heterocycles. The number of hydrogen-bond donors (Lipinski definition) is 2. The van der Waals surface area contributed by atoms with Crippen LogP contribution in [0.4, 0.5) is 19.0 Å². The molecule has 0 atom stereocenters. The van der Waals surface area contributed by atoms with Crippen molar-refractivity contribution < 1.29 is 27.9 Å². The van der Waals surface area contributed by atoms with E-state index >= 15 is 0 Å². The summed E-state index contributed by atoms with van der Waals surface area (Å²) >= 11 is 0. The van der Waals surface area contributed by atoms with Gasteiger partial charge in [-0.15, -0.1) is 0 Å². The summed E-state index contributed by atoms with van der Waals surface area (Å²) in [4.78, 5) is 21.6. The number of carbonyl (C=O) groups excluding carboxylic acids is 1. The van der Waals surface area contributed by atoms with E-state index in [0.29, 0.717) is 0 Å². The molecule has 0 aliphatic carbocycles. The summed E-state index contributed by atoms with van der Waals surface area (Å²) in [7, 11) is 0. The minimum absolute atomic E-state index is 0.401. The average Bonchev–Trinajstić information content (AvgIpc) is 2.59. The third kappa shape index (κ3) is 2.79. The molecule has 0 aromatic carbocycles. The number of halogens is 3. The van der Waals surface area contributed by atoms with Gasteiger partial charge in [-0.1, -0.05) is 0 Å². The van der Waals surface area contributed by atoms with E-state index in [1.54, 1.807) is 13.8 Å². The number of amides is 1. The molecule has 6 nitrogen and oxygen atoms in total. The molecule has 1 aromatic rings. The van der Waals surface area contributed by atoms with Crippen LogP contribution in [0.25, 0.3) is 0 Å². The third-order valence-electron chi connectivity index (χ3n) is 2.00. The molecule has 9 heteroatoms. The summed E-state index contributed by atoms with van der Waals surface area (Å²) in [6.45, 7) is 3.17. The Morgan fingerprint density at radius 3 is 2.39 bits per heavy atom. The molecule has 0 radical (unpaired) electrons. The number of carboxylic acids is 1. The summed E-state index contributed by atoms with van der Waals surface area (Å²) in [6, 6.07) is -0.401.